The van der Waals surface area contributed by atoms with Crippen molar-refractivity contribution in [2.45, 2.75) is 58.0 Å². The Bertz CT molecular complexity index is 241. The molecule has 0 radical (unpaired) electrons. The molecule has 19 heavy (non-hydrogen) atoms. The van der Waals surface area contributed by atoms with Crippen molar-refractivity contribution in [1.29, 1.82) is 0 Å². The van der Waals surface area contributed by atoms with Crippen LogP contribution < -0.4 is 0 Å². The zero-order chi connectivity index (χ0) is 13.7. The molecule has 0 aromatic rings. The maximum Gasteiger partial charge on any atom is 0.0464 e. The van der Waals surface area contributed by atoms with Crippen molar-refractivity contribution in [3.63, 3.8) is 0 Å². The summed E-state index contributed by atoms with van der Waals surface area (Å²) in [4.78, 5) is 5.39. The highest BCUT2D eigenvalue weighted by Crippen LogP contribution is 2.26. The van der Waals surface area contributed by atoms with E-state index in [0.717, 1.165) is 24.6 Å². The molecule has 3 heteroatoms. The third-order valence-corrected chi connectivity index (χ3v) is 5.13. The first-order valence-corrected chi connectivity index (χ1v) is 8.17. The lowest BCUT2D eigenvalue weighted by Gasteiger charge is -2.42. The standard InChI is InChI=1S/C16H32N2O/c1-14(2)17-11-6-16(7-12-17)18-9-4-15(5-10-18)8-13-19-3/h14-16H,4-13H2,1-3H3. The lowest BCUT2D eigenvalue weighted by Crippen LogP contribution is -2.49. The highest BCUT2D eigenvalue weighted by Gasteiger charge is 2.28. The maximum atomic E-state index is 5.20. The summed E-state index contributed by atoms with van der Waals surface area (Å²) in [5, 5.41) is 0. The van der Waals surface area contributed by atoms with Gasteiger partial charge in [-0.1, -0.05) is 0 Å². The van der Waals surface area contributed by atoms with E-state index in [1.165, 1.54) is 58.3 Å². The van der Waals surface area contributed by atoms with Gasteiger partial charge in [0.05, 0.1) is 0 Å². The van der Waals surface area contributed by atoms with E-state index in [0.29, 0.717) is 0 Å². The minimum absolute atomic E-state index is 0.723. The summed E-state index contributed by atoms with van der Waals surface area (Å²) >= 11 is 0. The van der Waals surface area contributed by atoms with E-state index in [1.807, 2.05) is 7.11 Å². The number of hydrogen-bond donors (Lipinski definition) is 0. The average Bonchev–Trinajstić information content (AvgIpc) is 2.46. The SMILES string of the molecule is COCCC1CCN(C2CCN(C(C)C)CC2)CC1. The van der Waals surface area contributed by atoms with E-state index < -0.39 is 0 Å². The quantitative estimate of drug-likeness (QED) is 0.762. The van der Waals surface area contributed by atoms with Gasteiger partial charge in [0.1, 0.15) is 0 Å². The normalized spacial score (nSPS) is 25.3. The second-order valence-electron chi connectivity index (χ2n) is 6.62. The molecular weight excluding hydrogens is 236 g/mol. The summed E-state index contributed by atoms with van der Waals surface area (Å²) in [5.41, 5.74) is 0. The topological polar surface area (TPSA) is 15.7 Å². The zero-order valence-corrected chi connectivity index (χ0v) is 13.1. The van der Waals surface area contributed by atoms with Gasteiger partial charge >= 0.3 is 0 Å². The van der Waals surface area contributed by atoms with Crippen molar-refractivity contribution in [2.24, 2.45) is 5.92 Å². The summed E-state index contributed by atoms with van der Waals surface area (Å²) in [6.07, 6.45) is 6.78. The number of piperidine rings is 2. The highest BCUT2D eigenvalue weighted by molar-refractivity contribution is 4.84. The van der Waals surface area contributed by atoms with Crippen molar-refractivity contribution in [2.75, 3.05) is 39.9 Å². The third-order valence-electron chi connectivity index (χ3n) is 5.13. The van der Waals surface area contributed by atoms with Gasteiger partial charge in [0.2, 0.25) is 0 Å². The molecule has 2 saturated heterocycles. The molecule has 0 spiro atoms. The molecular formula is C16H32N2O. The smallest absolute Gasteiger partial charge is 0.0464 e. The van der Waals surface area contributed by atoms with Gasteiger partial charge in [-0.2, -0.15) is 0 Å². The molecule has 0 unspecified atom stereocenters. The summed E-state index contributed by atoms with van der Waals surface area (Å²) in [6.45, 7) is 10.8. The monoisotopic (exact) mass is 268 g/mol. The predicted octanol–water partition coefficient (Wildman–Crippen LogP) is 2.61. The maximum absolute atomic E-state index is 5.20. The van der Waals surface area contributed by atoms with Crippen LogP contribution in [0.1, 0.15) is 46.0 Å². The van der Waals surface area contributed by atoms with Gasteiger partial charge in [0.25, 0.3) is 0 Å². The van der Waals surface area contributed by atoms with E-state index in [1.54, 1.807) is 0 Å². The van der Waals surface area contributed by atoms with Gasteiger partial charge in [-0.05, 0) is 78.0 Å². The molecule has 0 amide bonds. The lowest BCUT2D eigenvalue weighted by molar-refractivity contribution is 0.0609. The molecule has 0 atom stereocenters. The van der Waals surface area contributed by atoms with Gasteiger partial charge in [-0.15, -0.1) is 0 Å². The Hall–Kier alpha value is -0.120. The molecule has 2 aliphatic heterocycles. The Morgan fingerprint density at radius 2 is 1.63 bits per heavy atom. The fourth-order valence-electron chi connectivity index (χ4n) is 3.66. The highest BCUT2D eigenvalue weighted by atomic mass is 16.5. The fourth-order valence-corrected chi connectivity index (χ4v) is 3.66. The van der Waals surface area contributed by atoms with E-state index >= 15 is 0 Å². The molecule has 112 valence electrons. The molecule has 3 nitrogen and oxygen atoms in total. The van der Waals surface area contributed by atoms with E-state index in [9.17, 15) is 0 Å². The Balaban J connectivity index is 1.68. The van der Waals surface area contributed by atoms with Crippen LogP contribution in [0.25, 0.3) is 0 Å². The van der Waals surface area contributed by atoms with Crippen LogP contribution in [0, 0.1) is 5.92 Å². The molecule has 2 heterocycles. The second kappa shape index (κ2) is 7.61. The van der Waals surface area contributed by atoms with Crippen molar-refractivity contribution in [3.8, 4) is 0 Å². The Kier molecular flexibility index (Phi) is 6.11. The molecule has 0 N–H and O–H groups in total. The molecule has 0 aliphatic carbocycles. The molecule has 0 saturated carbocycles. The first-order chi connectivity index (χ1) is 9.20. The zero-order valence-electron chi connectivity index (χ0n) is 13.1. The molecule has 2 aliphatic rings. The minimum Gasteiger partial charge on any atom is -0.385 e. The van der Waals surface area contributed by atoms with Crippen LogP contribution in [0.15, 0.2) is 0 Å². The molecule has 0 bridgehead atoms. The van der Waals surface area contributed by atoms with Crippen LogP contribution in [-0.2, 0) is 4.74 Å². The fraction of sp³-hybridized carbons (Fsp3) is 1.00. The van der Waals surface area contributed by atoms with Crippen LogP contribution in [0.2, 0.25) is 0 Å². The predicted molar refractivity (Wildman–Crippen MR) is 80.5 cm³/mol. The molecule has 2 fully saturated rings. The van der Waals surface area contributed by atoms with Gasteiger partial charge in [-0.3, -0.25) is 0 Å². The van der Waals surface area contributed by atoms with Gasteiger partial charge in [0, 0.05) is 25.8 Å². The van der Waals surface area contributed by atoms with Crippen molar-refractivity contribution < 1.29 is 4.74 Å². The van der Waals surface area contributed by atoms with Crippen LogP contribution in [-0.4, -0.2) is 61.8 Å². The van der Waals surface area contributed by atoms with Crippen molar-refractivity contribution in [3.05, 3.63) is 0 Å². The summed E-state index contributed by atoms with van der Waals surface area (Å²) in [7, 11) is 1.82. The molecule has 0 aromatic carbocycles. The first kappa shape index (κ1) is 15.3. The van der Waals surface area contributed by atoms with E-state index in [2.05, 4.69) is 23.6 Å². The summed E-state index contributed by atoms with van der Waals surface area (Å²) in [5.74, 6) is 0.909. The van der Waals surface area contributed by atoms with Crippen LogP contribution in [0.4, 0.5) is 0 Å². The average molecular weight is 268 g/mol. The number of hydrogen-bond acceptors (Lipinski definition) is 3. The van der Waals surface area contributed by atoms with E-state index in [4.69, 9.17) is 4.74 Å². The number of nitrogens with zero attached hydrogens (tertiary/aromatic N) is 2. The lowest BCUT2D eigenvalue weighted by atomic mass is 9.91. The second-order valence-corrected chi connectivity index (χ2v) is 6.62. The Morgan fingerprint density at radius 1 is 1.00 bits per heavy atom. The largest absolute Gasteiger partial charge is 0.385 e. The first-order valence-electron chi connectivity index (χ1n) is 8.17. The van der Waals surface area contributed by atoms with E-state index in [-0.39, 0.29) is 0 Å². The number of methoxy groups -OCH3 is 1. The number of likely N-dealkylation sites (tertiary alicyclic amines) is 2. The van der Waals surface area contributed by atoms with Crippen LogP contribution in [0.5, 0.6) is 0 Å². The third kappa shape index (κ3) is 4.44. The number of rotatable bonds is 5. The van der Waals surface area contributed by atoms with Crippen molar-refractivity contribution in [1.82, 2.24) is 9.80 Å². The number of ether oxygens (including phenoxy) is 1. The van der Waals surface area contributed by atoms with Crippen LogP contribution >= 0.6 is 0 Å². The van der Waals surface area contributed by atoms with Gasteiger partial charge in [-0.25, -0.2) is 0 Å². The summed E-state index contributed by atoms with van der Waals surface area (Å²) < 4.78 is 5.20. The van der Waals surface area contributed by atoms with Crippen molar-refractivity contribution >= 4 is 0 Å². The Labute approximate surface area is 119 Å². The summed E-state index contributed by atoms with van der Waals surface area (Å²) in [6, 6.07) is 1.58. The van der Waals surface area contributed by atoms with Gasteiger partial charge in [0.15, 0.2) is 0 Å². The molecule has 0 aromatic heterocycles. The van der Waals surface area contributed by atoms with Crippen LogP contribution in [0.3, 0.4) is 0 Å². The Morgan fingerprint density at radius 3 is 2.16 bits per heavy atom. The van der Waals surface area contributed by atoms with Gasteiger partial charge < -0.3 is 14.5 Å². The minimum atomic E-state index is 0.723. The molecule has 2 rings (SSSR count).